The maximum atomic E-state index is 11.9. The van der Waals surface area contributed by atoms with E-state index in [1.54, 1.807) is 42.9 Å². The Bertz CT molecular complexity index is 804. The summed E-state index contributed by atoms with van der Waals surface area (Å²) >= 11 is 5.83. The van der Waals surface area contributed by atoms with Crippen molar-refractivity contribution in [1.82, 2.24) is 20.6 Å². The van der Waals surface area contributed by atoms with Crippen LogP contribution < -0.4 is 10.6 Å². The Kier molecular flexibility index (Phi) is 5.08. The lowest BCUT2D eigenvalue weighted by atomic mass is 10.2. The van der Waals surface area contributed by atoms with Crippen molar-refractivity contribution in [2.75, 3.05) is 0 Å². The van der Waals surface area contributed by atoms with Crippen LogP contribution in [0.25, 0.3) is 11.5 Å². The number of nitrogens with one attached hydrogen (secondary N) is 2. The maximum Gasteiger partial charge on any atom is 0.315 e. The first-order valence-electron chi connectivity index (χ1n) is 7.32. The summed E-state index contributed by atoms with van der Waals surface area (Å²) in [5.74, 6) is 0.612. The number of hydrogen-bond acceptors (Lipinski definition) is 4. The smallest absolute Gasteiger partial charge is 0.315 e. The zero-order valence-corrected chi connectivity index (χ0v) is 13.5. The normalized spacial score (nSPS) is 10.4. The zero-order valence-electron chi connectivity index (χ0n) is 12.7. The molecule has 0 saturated heterocycles. The molecule has 0 bridgehead atoms. The zero-order chi connectivity index (χ0) is 16.8. The minimum Gasteiger partial charge on any atom is -0.463 e. The van der Waals surface area contributed by atoms with E-state index in [0.29, 0.717) is 28.7 Å². The average Bonchev–Trinajstić information content (AvgIpc) is 3.14. The van der Waals surface area contributed by atoms with Crippen LogP contribution in [0.1, 0.15) is 11.3 Å². The summed E-state index contributed by atoms with van der Waals surface area (Å²) in [5.41, 5.74) is 2.21. The highest BCUT2D eigenvalue weighted by Crippen LogP contribution is 2.19. The van der Waals surface area contributed by atoms with E-state index in [2.05, 4.69) is 20.6 Å². The third-order valence-electron chi connectivity index (χ3n) is 3.31. The number of halogens is 1. The molecule has 2 amide bonds. The number of benzene rings is 1. The molecule has 0 spiro atoms. The van der Waals surface area contributed by atoms with E-state index in [4.69, 9.17) is 16.0 Å². The first-order chi connectivity index (χ1) is 11.7. The number of carbonyl (C=O) groups is 1. The molecule has 2 heterocycles. The van der Waals surface area contributed by atoms with Gasteiger partial charge in [-0.15, -0.1) is 0 Å². The predicted molar refractivity (Wildman–Crippen MR) is 90.3 cm³/mol. The summed E-state index contributed by atoms with van der Waals surface area (Å²) in [6.45, 7) is 0.658. The van der Waals surface area contributed by atoms with Crippen LogP contribution in [0.3, 0.4) is 0 Å². The van der Waals surface area contributed by atoms with Gasteiger partial charge in [-0.2, -0.15) is 0 Å². The van der Waals surface area contributed by atoms with Crippen molar-refractivity contribution in [3.05, 3.63) is 71.3 Å². The van der Waals surface area contributed by atoms with Gasteiger partial charge in [0.25, 0.3) is 0 Å². The molecule has 0 radical (unpaired) electrons. The fourth-order valence-corrected chi connectivity index (χ4v) is 2.25. The van der Waals surface area contributed by atoms with Crippen LogP contribution in [-0.2, 0) is 13.1 Å². The van der Waals surface area contributed by atoms with Crippen molar-refractivity contribution < 1.29 is 9.21 Å². The maximum absolute atomic E-state index is 11.9. The Morgan fingerprint density at radius 1 is 1.04 bits per heavy atom. The van der Waals surface area contributed by atoms with Gasteiger partial charge in [0.05, 0.1) is 18.5 Å². The largest absolute Gasteiger partial charge is 0.463 e. The molecule has 24 heavy (non-hydrogen) atoms. The summed E-state index contributed by atoms with van der Waals surface area (Å²) in [6, 6.07) is 10.6. The van der Waals surface area contributed by atoms with Crippen LogP contribution >= 0.6 is 11.6 Å². The number of carbonyl (C=O) groups excluding carboxylic acids is 1. The highest BCUT2D eigenvalue weighted by Gasteiger charge is 2.11. The van der Waals surface area contributed by atoms with Gasteiger partial charge in [0, 0.05) is 24.0 Å². The summed E-state index contributed by atoms with van der Waals surface area (Å²) in [4.78, 5) is 20.4. The quantitative estimate of drug-likeness (QED) is 0.744. The molecule has 2 aromatic heterocycles. The lowest BCUT2D eigenvalue weighted by molar-refractivity contribution is 0.240. The molecule has 122 valence electrons. The van der Waals surface area contributed by atoms with Crippen molar-refractivity contribution in [3.63, 3.8) is 0 Å². The molecule has 0 fully saturated rings. The van der Waals surface area contributed by atoms with Crippen molar-refractivity contribution in [2.24, 2.45) is 0 Å². The Morgan fingerprint density at radius 2 is 1.79 bits per heavy atom. The molecule has 0 saturated carbocycles. The van der Waals surface area contributed by atoms with Crippen LogP contribution in [0.4, 0.5) is 4.79 Å². The lowest BCUT2D eigenvalue weighted by Crippen LogP contribution is -2.34. The number of furan rings is 1. The Labute approximate surface area is 143 Å². The van der Waals surface area contributed by atoms with Gasteiger partial charge < -0.3 is 15.1 Å². The van der Waals surface area contributed by atoms with Crippen molar-refractivity contribution in [3.8, 4) is 11.5 Å². The lowest BCUT2D eigenvalue weighted by Gasteiger charge is -2.09. The van der Waals surface area contributed by atoms with Crippen LogP contribution in [0.2, 0.25) is 5.02 Å². The third-order valence-corrected chi connectivity index (χ3v) is 3.56. The molecule has 0 unspecified atom stereocenters. The minimum absolute atomic E-state index is 0.246. The van der Waals surface area contributed by atoms with Crippen molar-refractivity contribution in [1.29, 1.82) is 0 Å². The number of amides is 2. The molecule has 1 aromatic carbocycles. The van der Waals surface area contributed by atoms with Gasteiger partial charge in [-0.3, -0.25) is 4.98 Å². The van der Waals surface area contributed by atoms with E-state index >= 15 is 0 Å². The molecule has 0 aliphatic heterocycles. The SMILES string of the molecule is O=C(NCc1ccc(Cl)cc1)NCc1nccnc1-c1ccco1. The van der Waals surface area contributed by atoms with Gasteiger partial charge in [-0.25, -0.2) is 9.78 Å². The van der Waals surface area contributed by atoms with E-state index in [1.807, 2.05) is 12.1 Å². The van der Waals surface area contributed by atoms with Crippen molar-refractivity contribution in [2.45, 2.75) is 13.1 Å². The second-order valence-corrected chi connectivity index (χ2v) is 5.43. The second kappa shape index (κ2) is 7.61. The number of rotatable bonds is 5. The van der Waals surface area contributed by atoms with Gasteiger partial charge in [0.1, 0.15) is 5.69 Å². The van der Waals surface area contributed by atoms with Crippen LogP contribution in [0, 0.1) is 0 Å². The highest BCUT2D eigenvalue weighted by molar-refractivity contribution is 6.30. The minimum atomic E-state index is -0.291. The Hall–Kier alpha value is -2.86. The first kappa shape index (κ1) is 16.0. The summed E-state index contributed by atoms with van der Waals surface area (Å²) < 4.78 is 5.34. The van der Waals surface area contributed by atoms with Crippen LogP contribution in [-0.4, -0.2) is 16.0 Å². The second-order valence-electron chi connectivity index (χ2n) is 4.99. The molecule has 6 nitrogen and oxygen atoms in total. The standard InChI is InChI=1S/C17H15ClN4O2/c18-13-5-3-12(4-6-13)10-21-17(23)22-11-14-16(20-8-7-19-14)15-2-1-9-24-15/h1-9H,10-11H2,(H2,21,22,23). The number of hydrogen-bond donors (Lipinski definition) is 2. The summed E-state index contributed by atoms with van der Waals surface area (Å²) in [5, 5.41) is 6.20. The van der Waals surface area contributed by atoms with Gasteiger partial charge in [-0.1, -0.05) is 23.7 Å². The third kappa shape index (κ3) is 4.11. The molecule has 0 aliphatic rings. The Morgan fingerprint density at radius 3 is 2.54 bits per heavy atom. The first-order valence-corrected chi connectivity index (χ1v) is 7.70. The van der Waals surface area contributed by atoms with Gasteiger partial charge in [-0.05, 0) is 29.8 Å². The molecule has 3 rings (SSSR count). The number of urea groups is 1. The van der Waals surface area contributed by atoms with E-state index in [9.17, 15) is 4.79 Å². The monoisotopic (exact) mass is 342 g/mol. The number of aromatic nitrogens is 2. The Balaban J connectivity index is 1.56. The number of nitrogens with zero attached hydrogens (tertiary/aromatic N) is 2. The molecule has 0 atom stereocenters. The van der Waals surface area contributed by atoms with Crippen LogP contribution in [0.5, 0.6) is 0 Å². The average molecular weight is 343 g/mol. The summed E-state index contributed by atoms with van der Waals surface area (Å²) in [7, 11) is 0. The molecule has 3 aromatic rings. The molecular formula is C17H15ClN4O2. The molecule has 2 N–H and O–H groups in total. The van der Waals surface area contributed by atoms with Crippen molar-refractivity contribution >= 4 is 17.6 Å². The van der Waals surface area contributed by atoms with Gasteiger partial charge >= 0.3 is 6.03 Å². The predicted octanol–water partition coefficient (Wildman–Crippen LogP) is 3.39. The van der Waals surface area contributed by atoms with E-state index in [1.165, 1.54) is 0 Å². The van der Waals surface area contributed by atoms with Gasteiger partial charge in [0.2, 0.25) is 0 Å². The van der Waals surface area contributed by atoms with E-state index in [0.717, 1.165) is 5.56 Å². The van der Waals surface area contributed by atoms with E-state index < -0.39 is 0 Å². The highest BCUT2D eigenvalue weighted by atomic mass is 35.5. The van der Waals surface area contributed by atoms with E-state index in [-0.39, 0.29) is 12.6 Å². The molecule has 0 aliphatic carbocycles. The topological polar surface area (TPSA) is 80.0 Å². The summed E-state index contributed by atoms with van der Waals surface area (Å²) in [6.07, 6.45) is 4.73. The fraction of sp³-hybridized carbons (Fsp3) is 0.118. The molecule has 7 heteroatoms. The van der Waals surface area contributed by atoms with Crippen LogP contribution in [0.15, 0.2) is 59.5 Å². The fourth-order valence-electron chi connectivity index (χ4n) is 2.13. The molecular weight excluding hydrogens is 328 g/mol. The van der Waals surface area contributed by atoms with Gasteiger partial charge in [0.15, 0.2) is 5.76 Å².